The van der Waals surface area contributed by atoms with Crippen LogP contribution >= 0.6 is 11.3 Å². The van der Waals surface area contributed by atoms with Crippen molar-refractivity contribution in [1.82, 2.24) is 5.32 Å². The summed E-state index contributed by atoms with van der Waals surface area (Å²) in [5, 5.41) is 5.89. The fourth-order valence-electron chi connectivity index (χ4n) is 2.21. The van der Waals surface area contributed by atoms with Gasteiger partial charge in [-0.25, -0.2) is 4.39 Å². The first-order chi connectivity index (χ1) is 9.72. The number of hydrogen-bond acceptors (Lipinski definition) is 4. The normalized spacial score (nSPS) is 12.8. The molecule has 5 heteroatoms. The van der Waals surface area contributed by atoms with Crippen LogP contribution in [0.25, 0.3) is 11.0 Å². The third-order valence-electron chi connectivity index (χ3n) is 3.20. The SMILES string of the molecule is CNC(c1cc2cccc(F)c2o1)c1cc(OC)cs1. The lowest BCUT2D eigenvalue weighted by Crippen LogP contribution is -2.15. The van der Waals surface area contributed by atoms with Crippen LogP contribution < -0.4 is 10.1 Å². The molecule has 2 aromatic heterocycles. The van der Waals surface area contributed by atoms with Gasteiger partial charge in [0.1, 0.15) is 17.6 Å². The van der Waals surface area contributed by atoms with E-state index in [9.17, 15) is 4.39 Å². The number of thiophene rings is 1. The molecule has 3 aromatic rings. The molecule has 3 rings (SSSR count). The molecule has 0 saturated heterocycles. The van der Waals surface area contributed by atoms with Gasteiger partial charge in [0.2, 0.25) is 0 Å². The highest BCUT2D eigenvalue weighted by atomic mass is 32.1. The van der Waals surface area contributed by atoms with E-state index in [-0.39, 0.29) is 11.9 Å². The summed E-state index contributed by atoms with van der Waals surface area (Å²) >= 11 is 1.57. The Morgan fingerprint density at radius 2 is 2.20 bits per heavy atom. The van der Waals surface area contributed by atoms with Gasteiger partial charge in [0.25, 0.3) is 0 Å². The van der Waals surface area contributed by atoms with Crippen LogP contribution in [0.4, 0.5) is 4.39 Å². The number of fused-ring (bicyclic) bond motifs is 1. The Balaban J connectivity index is 2.04. The average Bonchev–Trinajstić information content (AvgIpc) is 3.07. The molecule has 2 heterocycles. The van der Waals surface area contributed by atoms with Crippen molar-refractivity contribution in [2.45, 2.75) is 6.04 Å². The molecule has 0 spiro atoms. The summed E-state index contributed by atoms with van der Waals surface area (Å²) in [6.07, 6.45) is 0. The Morgan fingerprint density at radius 1 is 1.35 bits per heavy atom. The van der Waals surface area contributed by atoms with Crippen molar-refractivity contribution in [3.8, 4) is 5.75 Å². The first kappa shape index (κ1) is 13.1. The Bertz CT molecular complexity index is 734. The van der Waals surface area contributed by atoms with Crippen LogP contribution in [0.3, 0.4) is 0 Å². The maximum absolute atomic E-state index is 13.7. The van der Waals surface area contributed by atoms with Crippen molar-refractivity contribution in [2.75, 3.05) is 14.2 Å². The van der Waals surface area contributed by atoms with Crippen molar-refractivity contribution in [3.63, 3.8) is 0 Å². The Hall–Kier alpha value is -1.85. The molecule has 0 amide bonds. The van der Waals surface area contributed by atoms with Crippen LogP contribution in [-0.4, -0.2) is 14.2 Å². The first-order valence-electron chi connectivity index (χ1n) is 6.20. The Labute approximate surface area is 120 Å². The third-order valence-corrected chi connectivity index (χ3v) is 4.18. The number of hydrogen-bond donors (Lipinski definition) is 1. The second-order valence-electron chi connectivity index (χ2n) is 4.42. The maximum Gasteiger partial charge on any atom is 0.169 e. The molecule has 0 bridgehead atoms. The largest absolute Gasteiger partial charge is 0.496 e. The number of ether oxygens (including phenoxy) is 1. The van der Waals surface area contributed by atoms with Crippen molar-refractivity contribution in [2.24, 2.45) is 0 Å². The smallest absolute Gasteiger partial charge is 0.169 e. The average molecular weight is 291 g/mol. The lowest BCUT2D eigenvalue weighted by molar-refractivity contribution is 0.415. The van der Waals surface area contributed by atoms with Crippen molar-refractivity contribution >= 4 is 22.3 Å². The van der Waals surface area contributed by atoms with Gasteiger partial charge < -0.3 is 14.5 Å². The summed E-state index contributed by atoms with van der Waals surface area (Å²) in [5.41, 5.74) is 0.297. The molecule has 104 valence electrons. The number of furan rings is 1. The van der Waals surface area contributed by atoms with Gasteiger partial charge in [-0.3, -0.25) is 0 Å². The molecule has 0 aliphatic carbocycles. The molecule has 0 saturated carbocycles. The summed E-state index contributed by atoms with van der Waals surface area (Å²) in [5.74, 6) is 1.16. The minimum absolute atomic E-state index is 0.115. The number of halogens is 1. The quantitative estimate of drug-likeness (QED) is 0.790. The molecule has 0 radical (unpaired) electrons. The van der Waals surface area contributed by atoms with Crippen LogP contribution in [0.15, 0.2) is 40.1 Å². The minimum Gasteiger partial charge on any atom is -0.496 e. The molecular formula is C15H14FNO2S. The van der Waals surface area contributed by atoms with Gasteiger partial charge in [-0.1, -0.05) is 12.1 Å². The zero-order valence-electron chi connectivity index (χ0n) is 11.1. The minimum atomic E-state index is -0.340. The number of benzene rings is 1. The molecule has 1 unspecified atom stereocenters. The highest BCUT2D eigenvalue weighted by Gasteiger charge is 2.20. The van der Waals surface area contributed by atoms with Crippen molar-refractivity contribution < 1.29 is 13.5 Å². The molecule has 1 atom stereocenters. The van der Waals surface area contributed by atoms with E-state index in [1.165, 1.54) is 6.07 Å². The van der Waals surface area contributed by atoms with E-state index in [4.69, 9.17) is 9.15 Å². The third kappa shape index (κ3) is 2.19. The topological polar surface area (TPSA) is 34.4 Å². The van der Waals surface area contributed by atoms with E-state index in [0.717, 1.165) is 16.0 Å². The van der Waals surface area contributed by atoms with Gasteiger partial charge in [-0.05, 0) is 25.2 Å². The monoisotopic (exact) mass is 291 g/mol. The molecule has 20 heavy (non-hydrogen) atoms. The highest BCUT2D eigenvalue weighted by molar-refractivity contribution is 7.10. The van der Waals surface area contributed by atoms with Crippen LogP contribution in [-0.2, 0) is 0 Å². The molecular weight excluding hydrogens is 277 g/mol. The summed E-state index contributed by atoms with van der Waals surface area (Å²) < 4.78 is 24.6. The summed E-state index contributed by atoms with van der Waals surface area (Å²) in [4.78, 5) is 1.06. The summed E-state index contributed by atoms with van der Waals surface area (Å²) in [6.45, 7) is 0. The Morgan fingerprint density at radius 3 is 2.85 bits per heavy atom. The predicted molar refractivity (Wildman–Crippen MR) is 77.9 cm³/mol. The molecule has 3 nitrogen and oxygen atoms in total. The standard InChI is InChI=1S/C15H14FNO2S/c1-17-14(13-7-10(18-2)8-20-13)12-6-9-4-3-5-11(16)15(9)19-12/h3-8,14,17H,1-2H3. The number of nitrogens with one attached hydrogen (secondary N) is 1. The number of methoxy groups -OCH3 is 1. The fourth-order valence-corrected chi connectivity index (χ4v) is 3.18. The lowest BCUT2D eigenvalue weighted by Gasteiger charge is -2.10. The van der Waals surface area contributed by atoms with Gasteiger partial charge in [-0.2, -0.15) is 0 Å². The highest BCUT2D eigenvalue weighted by Crippen LogP contribution is 2.34. The summed E-state index contributed by atoms with van der Waals surface area (Å²) in [6, 6.07) is 8.63. The summed E-state index contributed by atoms with van der Waals surface area (Å²) in [7, 11) is 3.48. The molecule has 1 N–H and O–H groups in total. The molecule has 0 fully saturated rings. The van der Waals surface area contributed by atoms with E-state index in [1.807, 2.05) is 30.6 Å². The Kier molecular flexibility index (Phi) is 3.46. The lowest BCUT2D eigenvalue weighted by atomic mass is 10.1. The number of rotatable bonds is 4. The van der Waals surface area contributed by atoms with E-state index < -0.39 is 0 Å². The zero-order valence-corrected chi connectivity index (χ0v) is 12.0. The number of para-hydroxylation sites is 1. The van der Waals surface area contributed by atoms with Gasteiger partial charge >= 0.3 is 0 Å². The van der Waals surface area contributed by atoms with E-state index in [2.05, 4.69) is 5.32 Å². The zero-order chi connectivity index (χ0) is 14.1. The van der Waals surface area contributed by atoms with Gasteiger partial charge in [0.05, 0.1) is 7.11 Å². The van der Waals surface area contributed by atoms with Crippen LogP contribution in [0.5, 0.6) is 5.75 Å². The fraction of sp³-hybridized carbons (Fsp3) is 0.200. The molecule has 0 aliphatic rings. The van der Waals surface area contributed by atoms with Gasteiger partial charge in [-0.15, -0.1) is 11.3 Å². The predicted octanol–water partition coefficient (Wildman–Crippen LogP) is 3.95. The van der Waals surface area contributed by atoms with E-state index in [0.29, 0.717) is 11.3 Å². The van der Waals surface area contributed by atoms with E-state index in [1.54, 1.807) is 24.5 Å². The first-order valence-corrected chi connectivity index (χ1v) is 7.08. The van der Waals surface area contributed by atoms with Gasteiger partial charge in [0, 0.05) is 15.6 Å². The van der Waals surface area contributed by atoms with E-state index >= 15 is 0 Å². The second-order valence-corrected chi connectivity index (χ2v) is 5.36. The van der Waals surface area contributed by atoms with Crippen LogP contribution in [0.2, 0.25) is 0 Å². The van der Waals surface area contributed by atoms with Crippen molar-refractivity contribution in [3.05, 3.63) is 52.2 Å². The molecule has 1 aromatic carbocycles. The molecule has 0 aliphatic heterocycles. The second kappa shape index (κ2) is 5.26. The van der Waals surface area contributed by atoms with Crippen LogP contribution in [0, 0.1) is 5.82 Å². The van der Waals surface area contributed by atoms with Gasteiger partial charge in [0.15, 0.2) is 11.4 Å². The van der Waals surface area contributed by atoms with Crippen LogP contribution in [0.1, 0.15) is 16.7 Å². The maximum atomic E-state index is 13.7. The van der Waals surface area contributed by atoms with Crippen molar-refractivity contribution in [1.29, 1.82) is 0 Å².